The molecule has 1 aromatic carbocycles. The molecule has 33 heavy (non-hydrogen) atoms. The largest absolute Gasteiger partial charge is 0.496 e. The number of carbonyl (C=O) groups excluding carboxylic acids is 1. The molecule has 0 radical (unpaired) electrons. The summed E-state index contributed by atoms with van der Waals surface area (Å²) in [5.41, 5.74) is 5.12. The maximum atomic E-state index is 13.3. The van der Waals surface area contributed by atoms with Gasteiger partial charge in [-0.3, -0.25) is 19.7 Å². The zero-order valence-corrected chi connectivity index (χ0v) is 19.1. The molecule has 166 valence electrons. The van der Waals surface area contributed by atoms with Crippen molar-refractivity contribution in [1.82, 2.24) is 20.3 Å². The maximum Gasteiger partial charge on any atom is 0.253 e. The summed E-state index contributed by atoms with van der Waals surface area (Å²) in [5, 5.41) is 3.51. The van der Waals surface area contributed by atoms with Crippen molar-refractivity contribution in [1.29, 1.82) is 0 Å². The second kappa shape index (κ2) is 10.2. The zero-order valence-electron chi connectivity index (χ0n) is 18.4. The lowest BCUT2D eigenvalue weighted by atomic mass is 10.0. The van der Waals surface area contributed by atoms with E-state index in [0.717, 1.165) is 34.4 Å². The van der Waals surface area contributed by atoms with Crippen LogP contribution in [0.2, 0.25) is 5.02 Å². The van der Waals surface area contributed by atoms with Gasteiger partial charge in [-0.2, -0.15) is 0 Å². The molecule has 0 aliphatic carbocycles. The Balaban J connectivity index is 1.66. The molecule has 4 aromatic rings. The number of nitrogens with one attached hydrogen (secondary N) is 1. The second-order valence-electron chi connectivity index (χ2n) is 7.41. The van der Waals surface area contributed by atoms with E-state index in [-0.39, 0.29) is 5.91 Å². The highest BCUT2D eigenvalue weighted by Crippen LogP contribution is 2.27. The van der Waals surface area contributed by atoms with Crippen LogP contribution in [-0.2, 0) is 13.0 Å². The third-order valence-corrected chi connectivity index (χ3v) is 5.47. The maximum absolute atomic E-state index is 13.3. The SMILES string of the molecule is CCc1ccc(CNC(=O)c2cc(-c3cncc(Cl)c3)cnc2-c2ccccn2)cc1OC. The van der Waals surface area contributed by atoms with Crippen molar-refractivity contribution in [2.75, 3.05) is 7.11 Å². The number of amides is 1. The molecule has 0 atom stereocenters. The molecule has 6 nitrogen and oxygen atoms in total. The first-order valence-corrected chi connectivity index (χ1v) is 10.9. The van der Waals surface area contributed by atoms with Gasteiger partial charge < -0.3 is 10.1 Å². The van der Waals surface area contributed by atoms with Crippen LogP contribution < -0.4 is 10.1 Å². The summed E-state index contributed by atoms with van der Waals surface area (Å²) in [4.78, 5) is 26.4. The third-order valence-electron chi connectivity index (χ3n) is 5.26. The summed E-state index contributed by atoms with van der Waals surface area (Å²) < 4.78 is 5.47. The summed E-state index contributed by atoms with van der Waals surface area (Å²) >= 11 is 6.11. The minimum absolute atomic E-state index is 0.251. The van der Waals surface area contributed by atoms with Gasteiger partial charge in [-0.05, 0) is 47.9 Å². The Kier molecular flexibility index (Phi) is 6.95. The Bertz CT molecular complexity index is 1280. The summed E-state index contributed by atoms with van der Waals surface area (Å²) in [6, 6.07) is 15.1. The van der Waals surface area contributed by atoms with E-state index in [1.54, 1.807) is 44.0 Å². The summed E-state index contributed by atoms with van der Waals surface area (Å²) in [5.74, 6) is 0.564. The van der Waals surface area contributed by atoms with Crippen LogP contribution in [0.25, 0.3) is 22.5 Å². The number of nitrogens with zero attached hydrogens (tertiary/aromatic N) is 3. The molecule has 0 bridgehead atoms. The fourth-order valence-corrected chi connectivity index (χ4v) is 3.71. The molecule has 3 aromatic heterocycles. The molecule has 1 N–H and O–H groups in total. The minimum atomic E-state index is -0.251. The van der Waals surface area contributed by atoms with Crippen molar-refractivity contribution in [2.24, 2.45) is 0 Å². The summed E-state index contributed by atoms with van der Waals surface area (Å²) in [7, 11) is 1.65. The lowest BCUT2D eigenvalue weighted by Gasteiger charge is -2.13. The summed E-state index contributed by atoms with van der Waals surface area (Å²) in [6.45, 7) is 2.43. The van der Waals surface area contributed by atoms with Crippen molar-refractivity contribution in [3.05, 3.63) is 95.0 Å². The van der Waals surface area contributed by atoms with E-state index >= 15 is 0 Å². The van der Waals surface area contributed by atoms with Crippen molar-refractivity contribution in [2.45, 2.75) is 19.9 Å². The van der Waals surface area contributed by atoms with Gasteiger partial charge in [0.05, 0.1) is 23.4 Å². The van der Waals surface area contributed by atoms with Crippen molar-refractivity contribution >= 4 is 17.5 Å². The smallest absolute Gasteiger partial charge is 0.253 e. The monoisotopic (exact) mass is 458 g/mol. The molecule has 0 fully saturated rings. The van der Waals surface area contributed by atoms with E-state index in [9.17, 15) is 4.79 Å². The normalized spacial score (nSPS) is 10.6. The predicted molar refractivity (Wildman–Crippen MR) is 129 cm³/mol. The van der Waals surface area contributed by atoms with Gasteiger partial charge in [0.2, 0.25) is 0 Å². The van der Waals surface area contributed by atoms with Gasteiger partial charge in [0.25, 0.3) is 5.91 Å². The van der Waals surface area contributed by atoms with Crippen molar-refractivity contribution in [3.8, 4) is 28.3 Å². The second-order valence-corrected chi connectivity index (χ2v) is 7.85. The van der Waals surface area contributed by atoms with E-state index in [1.807, 2.05) is 36.4 Å². The van der Waals surface area contributed by atoms with Crippen molar-refractivity contribution in [3.63, 3.8) is 0 Å². The molecule has 0 saturated carbocycles. The molecule has 7 heteroatoms. The van der Waals surface area contributed by atoms with E-state index in [4.69, 9.17) is 16.3 Å². The van der Waals surface area contributed by atoms with Crippen LogP contribution in [-0.4, -0.2) is 28.0 Å². The van der Waals surface area contributed by atoms with E-state index < -0.39 is 0 Å². The highest BCUT2D eigenvalue weighted by Gasteiger charge is 2.17. The van der Waals surface area contributed by atoms with Crippen molar-refractivity contribution < 1.29 is 9.53 Å². The van der Waals surface area contributed by atoms with Gasteiger partial charge in [-0.1, -0.05) is 36.7 Å². The van der Waals surface area contributed by atoms with E-state index in [0.29, 0.717) is 28.5 Å². The molecule has 0 unspecified atom stereocenters. The predicted octanol–water partition coefficient (Wildman–Crippen LogP) is 5.36. The van der Waals surface area contributed by atoms with Crippen LogP contribution in [0, 0.1) is 0 Å². The van der Waals surface area contributed by atoms with Gasteiger partial charge in [0.15, 0.2) is 0 Å². The number of rotatable bonds is 7. The number of hydrogen-bond donors (Lipinski definition) is 1. The number of ether oxygens (including phenoxy) is 1. The highest BCUT2D eigenvalue weighted by molar-refractivity contribution is 6.30. The number of benzene rings is 1. The van der Waals surface area contributed by atoms with Crippen LogP contribution in [0.4, 0.5) is 0 Å². The van der Waals surface area contributed by atoms with Gasteiger partial charge in [0, 0.05) is 42.5 Å². The van der Waals surface area contributed by atoms with Crippen LogP contribution in [0.15, 0.2) is 73.3 Å². The lowest BCUT2D eigenvalue weighted by Crippen LogP contribution is -2.24. The quantitative estimate of drug-likeness (QED) is 0.403. The Labute approximate surface area is 197 Å². The lowest BCUT2D eigenvalue weighted by molar-refractivity contribution is 0.0951. The average Bonchev–Trinajstić information content (AvgIpc) is 2.87. The number of halogens is 1. The van der Waals surface area contributed by atoms with E-state index in [2.05, 4.69) is 27.2 Å². The Morgan fingerprint density at radius 1 is 1.03 bits per heavy atom. The number of methoxy groups -OCH3 is 1. The minimum Gasteiger partial charge on any atom is -0.496 e. The van der Waals surface area contributed by atoms with Gasteiger partial charge in [-0.25, -0.2) is 0 Å². The average molecular weight is 459 g/mol. The Morgan fingerprint density at radius 3 is 2.61 bits per heavy atom. The first-order chi connectivity index (χ1) is 16.1. The Hall–Kier alpha value is -3.77. The number of aromatic nitrogens is 3. The molecule has 0 aliphatic heterocycles. The molecular weight excluding hydrogens is 436 g/mol. The van der Waals surface area contributed by atoms with Crippen LogP contribution >= 0.6 is 11.6 Å². The molecule has 0 spiro atoms. The fourth-order valence-electron chi connectivity index (χ4n) is 3.54. The molecule has 3 heterocycles. The Morgan fingerprint density at radius 2 is 1.88 bits per heavy atom. The molecular formula is C26H23ClN4O2. The van der Waals surface area contributed by atoms with Crippen LogP contribution in [0.5, 0.6) is 5.75 Å². The topological polar surface area (TPSA) is 77.0 Å². The van der Waals surface area contributed by atoms with E-state index in [1.165, 1.54) is 0 Å². The van der Waals surface area contributed by atoms with Gasteiger partial charge in [0.1, 0.15) is 11.4 Å². The van der Waals surface area contributed by atoms with Crippen LogP contribution in [0.3, 0.4) is 0 Å². The zero-order chi connectivity index (χ0) is 23.2. The molecule has 1 amide bonds. The van der Waals surface area contributed by atoms with Gasteiger partial charge >= 0.3 is 0 Å². The third kappa shape index (κ3) is 5.18. The number of pyridine rings is 3. The first-order valence-electron chi connectivity index (χ1n) is 10.6. The molecule has 4 rings (SSSR count). The fraction of sp³-hybridized carbons (Fsp3) is 0.154. The number of hydrogen-bond acceptors (Lipinski definition) is 5. The molecule has 0 saturated heterocycles. The molecule has 0 aliphatic rings. The summed E-state index contributed by atoms with van der Waals surface area (Å²) in [6.07, 6.45) is 7.50. The number of carbonyl (C=O) groups is 1. The standard InChI is InChI=1S/C26H23ClN4O2/c1-3-18-8-7-17(10-24(18)33-2)13-31-26(32)22-12-20(19-11-21(27)16-28-14-19)15-30-25(22)23-6-4-5-9-29-23/h4-12,14-16H,3,13H2,1-2H3,(H,31,32). The van der Waals surface area contributed by atoms with Gasteiger partial charge in [-0.15, -0.1) is 0 Å². The van der Waals surface area contributed by atoms with Crippen LogP contribution in [0.1, 0.15) is 28.4 Å². The highest BCUT2D eigenvalue weighted by atomic mass is 35.5. The number of aryl methyl sites for hydroxylation is 1. The first kappa shape index (κ1) is 22.4.